The van der Waals surface area contributed by atoms with Crippen molar-refractivity contribution in [3.8, 4) is 0 Å². The molecule has 0 unspecified atom stereocenters. The van der Waals surface area contributed by atoms with E-state index in [2.05, 4.69) is 5.32 Å². The number of benzene rings is 2. The number of hydrogen-bond acceptors (Lipinski definition) is 3. The molecule has 26 heavy (non-hydrogen) atoms. The molecule has 0 aromatic heterocycles. The van der Waals surface area contributed by atoms with Gasteiger partial charge in [0.25, 0.3) is 0 Å². The van der Waals surface area contributed by atoms with Crippen molar-refractivity contribution in [2.75, 3.05) is 0 Å². The van der Waals surface area contributed by atoms with Crippen LogP contribution in [0.2, 0.25) is 0 Å². The molecule has 0 saturated carbocycles. The molecule has 8 heteroatoms. The van der Waals surface area contributed by atoms with Crippen LogP contribution in [0.1, 0.15) is 22.0 Å². The van der Waals surface area contributed by atoms with Crippen LogP contribution in [0.5, 0.6) is 0 Å². The maximum absolute atomic E-state index is 13.8. The molecule has 1 heterocycles. The van der Waals surface area contributed by atoms with Gasteiger partial charge in [0.05, 0.1) is 6.04 Å². The van der Waals surface area contributed by atoms with E-state index in [1.54, 1.807) is 48.5 Å². The summed E-state index contributed by atoms with van der Waals surface area (Å²) in [5, 5.41) is 14.7. The van der Waals surface area contributed by atoms with Crippen LogP contribution >= 0.6 is 12.2 Å². The molecular formula is C18H15F3N2O2S. The maximum atomic E-state index is 13.8. The van der Waals surface area contributed by atoms with Gasteiger partial charge in [-0.05, 0) is 17.8 Å². The van der Waals surface area contributed by atoms with E-state index in [1.165, 1.54) is 12.1 Å². The van der Waals surface area contributed by atoms with Gasteiger partial charge in [0.2, 0.25) is 5.72 Å². The van der Waals surface area contributed by atoms with Crippen LogP contribution in [-0.2, 0) is 0 Å². The number of halogens is 3. The lowest BCUT2D eigenvalue weighted by molar-refractivity contribution is -0.285. The lowest BCUT2D eigenvalue weighted by atomic mass is 9.77. The van der Waals surface area contributed by atoms with Gasteiger partial charge in [0.15, 0.2) is 10.9 Å². The van der Waals surface area contributed by atoms with Crippen LogP contribution < -0.4 is 10.6 Å². The first-order valence-electron chi connectivity index (χ1n) is 7.76. The van der Waals surface area contributed by atoms with Crippen molar-refractivity contribution in [2.45, 2.75) is 17.9 Å². The number of nitrogens with one attached hydrogen (secondary N) is 2. The van der Waals surface area contributed by atoms with Gasteiger partial charge in [-0.15, -0.1) is 0 Å². The standard InChI is InChI=1S/C18H15F3N2O2S/c19-18(20,21)17(25)13(15(24)12-9-5-2-6-10-12)14(22-16(26)23-17)11-7-3-1-4-8-11/h1-10,13-14,25H,(H2,22,23,26)/t13-,14+,17+/m1/s1. The minimum absolute atomic E-state index is 0.0672. The highest BCUT2D eigenvalue weighted by Crippen LogP contribution is 2.43. The summed E-state index contributed by atoms with van der Waals surface area (Å²) < 4.78 is 41.3. The first-order chi connectivity index (χ1) is 12.2. The van der Waals surface area contributed by atoms with Crippen LogP contribution in [0.15, 0.2) is 60.7 Å². The van der Waals surface area contributed by atoms with Crippen LogP contribution in [0.3, 0.4) is 0 Å². The van der Waals surface area contributed by atoms with Crippen molar-refractivity contribution in [1.29, 1.82) is 0 Å². The zero-order chi connectivity index (χ0) is 18.9. The van der Waals surface area contributed by atoms with Crippen molar-refractivity contribution < 1.29 is 23.1 Å². The molecule has 136 valence electrons. The third kappa shape index (κ3) is 3.17. The van der Waals surface area contributed by atoms with Gasteiger partial charge in [-0.3, -0.25) is 4.79 Å². The minimum atomic E-state index is -5.12. The van der Waals surface area contributed by atoms with Crippen molar-refractivity contribution in [1.82, 2.24) is 10.6 Å². The SMILES string of the molecule is O=C(c1ccccc1)[C@H]1[C@H](c2ccccc2)NC(=S)N[C@@]1(O)C(F)(F)F. The highest BCUT2D eigenvalue weighted by atomic mass is 32.1. The van der Waals surface area contributed by atoms with Gasteiger partial charge in [0.1, 0.15) is 5.92 Å². The molecule has 1 aliphatic heterocycles. The summed E-state index contributed by atoms with van der Waals surface area (Å²) in [6.45, 7) is 0. The monoisotopic (exact) mass is 380 g/mol. The Bertz CT molecular complexity index is 814. The molecule has 2 aromatic rings. The topological polar surface area (TPSA) is 61.4 Å². The number of carbonyl (C=O) groups excluding carboxylic acids is 1. The second-order valence-electron chi connectivity index (χ2n) is 5.96. The van der Waals surface area contributed by atoms with E-state index in [9.17, 15) is 23.1 Å². The Labute approximate surface area is 153 Å². The zero-order valence-corrected chi connectivity index (χ0v) is 14.1. The summed E-state index contributed by atoms with van der Waals surface area (Å²) in [6.07, 6.45) is -5.12. The van der Waals surface area contributed by atoms with E-state index >= 15 is 0 Å². The van der Waals surface area contributed by atoms with Crippen molar-refractivity contribution in [3.05, 3.63) is 71.8 Å². The average molecular weight is 380 g/mol. The Hall–Kier alpha value is -2.45. The molecular weight excluding hydrogens is 365 g/mol. The number of rotatable bonds is 3. The van der Waals surface area contributed by atoms with Crippen molar-refractivity contribution in [3.63, 3.8) is 0 Å². The maximum Gasteiger partial charge on any atom is 0.437 e. The van der Waals surface area contributed by atoms with Gasteiger partial charge in [-0.1, -0.05) is 60.7 Å². The van der Waals surface area contributed by atoms with Crippen LogP contribution in [0.25, 0.3) is 0 Å². The third-order valence-corrected chi connectivity index (χ3v) is 4.53. The Kier molecular flexibility index (Phi) is 4.72. The van der Waals surface area contributed by atoms with Crippen LogP contribution in [0, 0.1) is 5.92 Å². The zero-order valence-electron chi connectivity index (χ0n) is 13.3. The van der Waals surface area contributed by atoms with Gasteiger partial charge in [-0.2, -0.15) is 13.2 Å². The number of carbonyl (C=O) groups is 1. The van der Waals surface area contributed by atoms with Gasteiger partial charge >= 0.3 is 6.18 Å². The Morgan fingerprint density at radius 1 is 1.04 bits per heavy atom. The second-order valence-corrected chi connectivity index (χ2v) is 6.37. The molecule has 0 amide bonds. The summed E-state index contributed by atoms with van der Waals surface area (Å²) in [5.41, 5.74) is -3.02. The first kappa shape index (κ1) is 18.3. The van der Waals surface area contributed by atoms with Crippen molar-refractivity contribution in [2.24, 2.45) is 5.92 Å². The number of aliphatic hydroxyl groups is 1. The van der Waals surface area contributed by atoms with Gasteiger partial charge in [-0.25, -0.2) is 0 Å². The second kappa shape index (κ2) is 6.69. The number of thiocarbonyl (C=S) groups is 1. The Balaban J connectivity index is 2.15. The van der Waals surface area contributed by atoms with E-state index in [4.69, 9.17) is 12.2 Å². The summed E-state index contributed by atoms with van der Waals surface area (Å²) in [5.74, 6) is -2.72. The normalized spacial score (nSPS) is 25.9. The summed E-state index contributed by atoms with van der Waals surface area (Å²) in [7, 11) is 0. The van der Waals surface area contributed by atoms with Crippen molar-refractivity contribution >= 4 is 23.1 Å². The van der Waals surface area contributed by atoms with E-state index in [-0.39, 0.29) is 10.7 Å². The lowest BCUT2D eigenvalue weighted by Crippen LogP contribution is -2.72. The Morgan fingerprint density at radius 2 is 1.58 bits per heavy atom. The predicted molar refractivity (Wildman–Crippen MR) is 93.3 cm³/mol. The van der Waals surface area contributed by atoms with E-state index < -0.39 is 29.6 Å². The minimum Gasteiger partial charge on any atom is -0.363 e. The molecule has 3 N–H and O–H groups in total. The molecule has 1 saturated heterocycles. The molecule has 0 radical (unpaired) electrons. The van der Waals surface area contributed by atoms with E-state index in [0.29, 0.717) is 5.56 Å². The lowest BCUT2D eigenvalue weighted by Gasteiger charge is -2.46. The smallest absolute Gasteiger partial charge is 0.363 e. The van der Waals surface area contributed by atoms with Crippen LogP contribution in [0.4, 0.5) is 13.2 Å². The summed E-state index contributed by atoms with van der Waals surface area (Å²) in [6, 6.07) is 14.5. The first-order valence-corrected chi connectivity index (χ1v) is 8.17. The van der Waals surface area contributed by atoms with E-state index in [1.807, 2.05) is 5.32 Å². The average Bonchev–Trinajstić information content (AvgIpc) is 2.61. The fraction of sp³-hybridized carbons (Fsp3) is 0.222. The highest BCUT2D eigenvalue weighted by Gasteiger charge is 2.65. The molecule has 0 spiro atoms. The largest absolute Gasteiger partial charge is 0.437 e. The Morgan fingerprint density at radius 3 is 2.12 bits per heavy atom. The number of Topliss-reactive ketones (excluding diaryl/α,β-unsaturated/α-hetero) is 1. The molecule has 3 rings (SSSR count). The molecule has 4 nitrogen and oxygen atoms in total. The number of alkyl halides is 3. The van der Waals surface area contributed by atoms with Gasteiger partial charge < -0.3 is 15.7 Å². The fourth-order valence-electron chi connectivity index (χ4n) is 3.06. The predicted octanol–water partition coefficient (Wildman–Crippen LogP) is 2.96. The quantitative estimate of drug-likeness (QED) is 0.565. The number of hydrogen-bond donors (Lipinski definition) is 3. The molecule has 0 aliphatic carbocycles. The van der Waals surface area contributed by atoms with Crippen LogP contribution in [-0.4, -0.2) is 27.9 Å². The molecule has 2 aromatic carbocycles. The van der Waals surface area contributed by atoms with Gasteiger partial charge in [0, 0.05) is 5.56 Å². The highest BCUT2D eigenvalue weighted by molar-refractivity contribution is 7.80. The molecule has 0 bridgehead atoms. The number of ketones is 1. The molecule has 1 aliphatic rings. The molecule has 1 fully saturated rings. The molecule has 3 atom stereocenters. The fourth-order valence-corrected chi connectivity index (χ4v) is 3.34. The summed E-state index contributed by atoms with van der Waals surface area (Å²) >= 11 is 4.86. The third-order valence-electron chi connectivity index (χ3n) is 4.31. The van der Waals surface area contributed by atoms with E-state index in [0.717, 1.165) is 0 Å². The summed E-state index contributed by atoms with van der Waals surface area (Å²) in [4.78, 5) is 13.0.